The predicted molar refractivity (Wildman–Crippen MR) is 125 cm³/mol. The molecule has 2 N–H and O–H groups in total. The largest absolute Gasteiger partial charge is 0.483 e. The van der Waals surface area contributed by atoms with E-state index in [4.69, 9.17) is 17.0 Å². The SMILES string of the molecule is CCCCNc1[nH]c(=S)ncc1OCc1cc2ccccc2n(CCC(C)C)c1=O. The number of ether oxygens (including phenoxy) is 1. The first-order valence-electron chi connectivity index (χ1n) is 10.6. The Morgan fingerprint density at radius 1 is 1.30 bits per heavy atom. The summed E-state index contributed by atoms with van der Waals surface area (Å²) in [6.07, 6.45) is 4.67. The van der Waals surface area contributed by atoms with E-state index in [9.17, 15) is 4.79 Å². The van der Waals surface area contributed by atoms with E-state index in [2.05, 4.69) is 36.1 Å². The number of hydrogen-bond donors (Lipinski definition) is 2. The number of aromatic nitrogens is 3. The van der Waals surface area contributed by atoms with Gasteiger partial charge in [0.1, 0.15) is 12.4 Å². The van der Waals surface area contributed by atoms with E-state index < -0.39 is 0 Å². The normalized spacial score (nSPS) is 11.2. The van der Waals surface area contributed by atoms with Crippen molar-refractivity contribution in [3.63, 3.8) is 0 Å². The predicted octanol–water partition coefficient (Wildman–Crippen LogP) is 5.29. The Balaban J connectivity index is 1.89. The molecule has 0 bridgehead atoms. The van der Waals surface area contributed by atoms with Crippen LogP contribution in [0.1, 0.15) is 45.6 Å². The zero-order chi connectivity index (χ0) is 21.5. The molecule has 0 aliphatic heterocycles. The number of para-hydroxylation sites is 1. The number of H-pyrrole nitrogens is 1. The molecule has 30 heavy (non-hydrogen) atoms. The van der Waals surface area contributed by atoms with Crippen LogP contribution in [0.25, 0.3) is 10.9 Å². The molecule has 1 aromatic carbocycles. The Bertz CT molecular complexity index is 1100. The minimum absolute atomic E-state index is 0.00771. The van der Waals surface area contributed by atoms with Crippen molar-refractivity contribution in [3.8, 4) is 5.75 Å². The van der Waals surface area contributed by atoms with Gasteiger partial charge in [-0.25, -0.2) is 4.98 Å². The van der Waals surface area contributed by atoms with Crippen LogP contribution in [-0.4, -0.2) is 21.1 Å². The van der Waals surface area contributed by atoms with Gasteiger partial charge in [0.2, 0.25) is 0 Å². The Morgan fingerprint density at radius 2 is 2.10 bits per heavy atom. The van der Waals surface area contributed by atoms with Crippen molar-refractivity contribution in [2.45, 2.75) is 53.2 Å². The first kappa shape index (κ1) is 22.0. The molecule has 0 spiro atoms. The molecule has 0 atom stereocenters. The summed E-state index contributed by atoms with van der Waals surface area (Å²) in [6.45, 7) is 8.13. The van der Waals surface area contributed by atoms with Crippen LogP contribution in [0.2, 0.25) is 0 Å². The summed E-state index contributed by atoms with van der Waals surface area (Å²) >= 11 is 5.14. The average Bonchev–Trinajstić information content (AvgIpc) is 2.72. The van der Waals surface area contributed by atoms with E-state index in [1.807, 2.05) is 34.9 Å². The summed E-state index contributed by atoms with van der Waals surface area (Å²) in [4.78, 5) is 20.4. The molecule has 0 aliphatic rings. The fourth-order valence-electron chi connectivity index (χ4n) is 3.27. The molecule has 160 valence electrons. The maximum atomic E-state index is 13.2. The van der Waals surface area contributed by atoms with E-state index in [-0.39, 0.29) is 12.2 Å². The molecule has 7 heteroatoms. The quantitative estimate of drug-likeness (QED) is 0.340. The zero-order valence-corrected chi connectivity index (χ0v) is 18.7. The van der Waals surface area contributed by atoms with E-state index in [1.165, 1.54) is 0 Å². The number of unbranched alkanes of at least 4 members (excludes halogenated alkanes) is 1. The summed E-state index contributed by atoms with van der Waals surface area (Å²) in [7, 11) is 0. The van der Waals surface area contributed by atoms with Gasteiger partial charge in [0.25, 0.3) is 5.56 Å². The standard InChI is InChI=1S/C23H30N4O2S/c1-4-5-11-24-21-20(14-25-23(30)26-21)29-15-18-13-17-8-6-7-9-19(17)27(22(18)28)12-10-16(2)3/h6-9,13-14,16H,4-5,10-12,15H2,1-3H3,(H2,24,25,26,30). The summed E-state index contributed by atoms with van der Waals surface area (Å²) in [5.41, 5.74) is 1.57. The summed E-state index contributed by atoms with van der Waals surface area (Å²) in [6, 6.07) is 9.91. The Hall–Kier alpha value is -2.67. The van der Waals surface area contributed by atoms with Gasteiger partial charge < -0.3 is 19.6 Å². The van der Waals surface area contributed by atoms with E-state index in [0.29, 0.717) is 34.4 Å². The van der Waals surface area contributed by atoms with Gasteiger partial charge in [-0.2, -0.15) is 0 Å². The van der Waals surface area contributed by atoms with Crippen LogP contribution < -0.4 is 15.6 Å². The topological polar surface area (TPSA) is 71.9 Å². The molecule has 0 amide bonds. The van der Waals surface area contributed by atoms with E-state index in [0.717, 1.165) is 36.7 Å². The molecule has 0 fully saturated rings. The van der Waals surface area contributed by atoms with E-state index >= 15 is 0 Å². The molecule has 0 saturated heterocycles. The third-order valence-corrected chi connectivity index (χ3v) is 5.21. The highest BCUT2D eigenvalue weighted by atomic mass is 32.1. The highest BCUT2D eigenvalue weighted by Gasteiger charge is 2.12. The number of anilines is 1. The Kier molecular flexibility index (Phi) is 7.63. The van der Waals surface area contributed by atoms with Crippen molar-refractivity contribution < 1.29 is 4.74 Å². The second kappa shape index (κ2) is 10.4. The van der Waals surface area contributed by atoms with Gasteiger partial charge in [-0.3, -0.25) is 4.79 Å². The first-order valence-corrected chi connectivity index (χ1v) is 11.0. The molecule has 6 nitrogen and oxygen atoms in total. The van der Waals surface area contributed by atoms with Crippen molar-refractivity contribution in [2.75, 3.05) is 11.9 Å². The lowest BCUT2D eigenvalue weighted by Crippen LogP contribution is -2.26. The molecule has 2 heterocycles. The van der Waals surface area contributed by atoms with Crippen LogP contribution in [0.5, 0.6) is 5.75 Å². The van der Waals surface area contributed by atoms with Crippen molar-refractivity contribution in [3.05, 3.63) is 57.2 Å². The maximum absolute atomic E-state index is 13.2. The lowest BCUT2D eigenvalue weighted by molar-refractivity contribution is 0.302. The monoisotopic (exact) mass is 426 g/mol. The van der Waals surface area contributed by atoms with Gasteiger partial charge in [0.05, 0.1) is 17.3 Å². The maximum Gasteiger partial charge on any atom is 0.257 e. The zero-order valence-electron chi connectivity index (χ0n) is 17.9. The number of aryl methyl sites for hydroxylation is 1. The van der Waals surface area contributed by atoms with Crippen LogP contribution in [0.15, 0.2) is 41.3 Å². The van der Waals surface area contributed by atoms with Gasteiger partial charge in [-0.05, 0) is 48.5 Å². The molecule has 2 aromatic heterocycles. The number of hydrogen-bond acceptors (Lipinski definition) is 5. The van der Waals surface area contributed by atoms with Crippen molar-refractivity contribution in [1.29, 1.82) is 0 Å². The highest BCUT2D eigenvalue weighted by molar-refractivity contribution is 7.71. The lowest BCUT2D eigenvalue weighted by Gasteiger charge is -2.16. The summed E-state index contributed by atoms with van der Waals surface area (Å²) in [5.74, 6) is 1.77. The molecular formula is C23H30N4O2S. The average molecular weight is 427 g/mol. The first-order chi connectivity index (χ1) is 14.5. The number of pyridine rings is 1. The Labute approximate surface area is 182 Å². The number of fused-ring (bicyclic) bond motifs is 1. The van der Waals surface area contributed by atoms with Gasteiger partial charge in [0, 0.05) is 13.1 Å². The third kappa shape index (κ3) is 5.48. The van der Waals surface area contributed by atoms with Gasteiger partial charge in [-0.15, -0.1) is 0 Å². The Morgan fingerprint density at radius 3 is 2.87 bits per heavy atom. The summed E-state index contributed by atoms with van der Waals surface area (Å²) < 4.78 is 8.26. The minimum Gasteiger partial charge on any atom is -0.483 e. The lowest BCUT2D eigenvalue weighted by atomic mass is 10.1. The summed E-state index contributed by atoms with van der Waals surface area (Å²) in [5, 5.41) is 4.34. The van der Waals surface area contributed by atoms with Crippen LogP contribution in [0.4, 0.5) is 5.82 Å². The second-order valence-corrected chi connectivity index (χ2v) is 8.25. The number of rotatable bonds is 10. The van der Waals surface area contributed by atoms with Gasteiger partial charge >= 0.3 is 0 Å². The number of aromatic amines is 1. The molecule has 0 radical (unpaired) electrons. The molecule has 0 saturated carbocycles. The second-order valence-electron chi connectivity index (χ2n) is 7.86. The van der Waals surface area contributed by atoms with E-state index in [1.54, 1.807) is 6.20 Å². The molecule has 3 rings (SSSR count). The fraction of sp³-hybridized carbons (Fsp3) is 0.435. The smallest absolute Gasteiger partial charge is 0.257 e. The number of benzene rings is 1. The van der Waals surface area contributed by atoms with Crippen LogP contribution in [0.3, 0.4) is 0 Å². The van der Waals surface area contributed by atoms with Gasteiger partial charge in [-0.1, -0.05) is 45.4 Å². The fourth-order valence-corrected chi connectivity index (χ4v) is 3.42. The van der Waals surface area contributed by atoms with Crippen molar-refractivity contribution in [1.82, 2.24) is 14.5 Å². The minimum atomic E-state index is -0.00771. The van der Waals surface area contributed by atoms with Crippen molar-refractivity contribution in [2.24, 2.45) is 5.92 Å². The molecule has 0 aliphatic carbocycles. The third-order valence-electron chi connectivity index (χ3n) is 5.00. The molecular weight excluding hydrogens is 396 g/mol. The van der Waals surface area contributed by atoms with Crippen LogP contribution in [0, 0.1) is 10.7 Å². The van der Waals surface area contributed by atoms with Crippen LogP contribution >= 0.6 is 12.2 Å². The van der Waals surface area contributed by atoms with Crippen molar-refractivity contribution >= 4 is 28.9 Å². The van der Waals surface area contributed by atoms with Crippen LogP contribution in [-0.2, 0) is 13.2 Å². The van der Waals surface area contributed by atoms with Gasteiger partial charge in [0.15, 0.2) is 10.5 Å². The number of nitrogens with zero attached hydrogens (tertiary/aromatic N) is 2. The highest BCUT2D eigenvalue weighted by Crippen LogP contribution is 2.22. The molecule has 0 unspecified atom stereocenters. The molecule has 3 aromatic rings. The number of nitrogens with one attached hydrogen (secondary N) is 2.